The van der Waals surface area contributed by atoms with Gasteiger partial charge in [0.05, 0.1) is 17.4 Å². The maximum absolute atomic E-state index is 6.05. The van der Waals surface area contributed by atoms with E-state index < -0.39 is 0 Å². The lowest BCUT2D eigenvalue weighted by molar-refractivity contribution is 0.0789. The molecule has 124 valence electrons. The Kier molecular flexibility index (Phi) is 4.40. The summed E-state index contributed by atoms with van der Waals surface area (Å²) in [5, 5.41) is 0. The van der Waals surface area contributed by atoms with Crippen molar-refractivity contribution in [2.24, 2.45) is 0 Å². The van der Waals surface area contributed by atoms with Gasteiger partial charge in [0.15, 0.2) is 5.76 Å². The van der Waals surface area contributed by atoms with Crippen LogP contribution in [0.1, 0.15) is 40.0 Å². The molecule has 4 nitrogen and oxygen atoms in total. The van der Waals surface area contributed by atoms with Gasteiger partial charge in [-0.2, -0.15) is 0 Å². The molecule has 0 bridgehead atoms. The van der Waals surface area contributed by atoms with Crippen molar-refractivity contribution in [2.45, 2.75) is 58.2 Å². The van der Waals surface area contributed by atoms with E-state index in [0.717, 1.165) is 43.7 Å². The first kappa shape index (κ1) is 15.7. The lowest BCUT2D eigenvalue weighted by Gasteiger charge is -2.39. The second-order valence-electron chi connectivity index (χ2n) is 7.09. The molecule has 2 saturated heterocycles. The Balaban J connectivity index is 1.69. The van der Waals surface area contributed by atoms with Crippen LogP contribution in [0, 0.1) is 0 Å². The zero-order valence-electron chi connectivity index (χ0n) is 14.6. The molecule has 2 atom stereocenters. The van der Waals surface area contributed by atoms with Crippen molar-refractivity contribution in [3.8, 4) is 0 Å². The number of likely N-dealkylation sites (N-methyl/N-ethyl adjacent to an activating group) is 2. The van der Waals surface area contributed by atoms with E-state index >= 15 is 0 Å². The molecule has 3 fully saturated rings. The van der Waals surface area contributed by atoms with E-state index in [-0.39, 0.29) is 0 Å². The van der Waals surface area contributed by atoms with Crippen molar-refractivity contribution < 1.29 is 4.74 Å². The van der Waals surface area contributed by atoms with Gasteiger partial charge in [0.1, 0.15) is 6.61 Å². The first-order chi connectivity index (χ1) is 10.5. The van der Waals surface area contributed by atoms with E-state index in [1.54, 1.807) is 0 Å². The number of ether oxygens (including phenoxy) is 1. The van der Waals surface area contributed by atoms with Crippen molar-refractivity contribution in [3.05, 3.63) is 23.7 Å². The summed E-state index contributed by atoms with van der Waals surface area (Å²) in [5.41, 5.74) is 2.32. The second kappa shape index (κ2) is 6.15. The molecule has 0 spiro atoms. The van der Waals surface area contributed by atoms with Crippen LogP contribution in [0.4, 0.5) is 0 Å². The van der Waals surface area contributed by atoms with Gasteiger partial charge in [0.25, 0.3) is 0 Å². The Labute approximate surface area is 135 Å². The fourth-order valence-electron chi connectivity index (χ4n) is 3.89. The summed E-state index contributed by atoms with van der Waals surface area (Å²) >= 11 is 0. The Bertz CT molecular complexity index is 469. The molecular weight excluding hydrogens is 274 g/mol. The standard InChI is InChI=1S/C18H31N3O/c1-6-21-13(2)12-22-18(15(21)4)14(3)20-10-9-17(11-20)19(5)16-7-8-16/h13,16-17H,4,6-12H2,1-3,5H3/b18-14-/t13-,17+/m0/s1. The monoisotopic (exact) mass is 305 g/mol. The summed E-state index contributed by atoms with van der Waals surface area (Å²) in [5.74, 6) is 1.01. The van der Waals surface area contributed by atoms with Crippen LogP contribution in [0.2, 0.25) is 0 Å². The number of hydrogen-bond donors (Lipinski definition) is 0. The van der Waals surface area contributed by atoms with E-state index in [0.29, 0.717) is 12.1 Å². The third-order valence-electron chi connectivity index (χ3n) is 5.62. The SMILES string of the molecule is C=C1/C(=C(\C)N2CC[C@@H](N(C)C3CC3)C2)OC[C@H](C)N1CC. The third kappa shape index (κ3) is 2.85. The minimum absolute atomic E-state index is 0.418. The highest BCUT2D eigenvalue weighted by molar-refractivity contribution is 5.29. The summed E-state index contributed by atoms with van der Waals surface area (Å²) < 4.78 is 6.05. The van der Waals surface area contributed by atoms with Gasteiger partial charge in [-0.15, -0.1) is 0 Å². The molecule has 2 aliphatic heterocycles. The maximum atomic E-state index is 6.05. The van der Waals surface area contributed by atoms with Crippen LogP contribution < -0.4 is 0 Å². The van der Waals surface area contributed by atoms with Crippen molar-refractivity contribution in [1.82, 2.24) is 14.7 Å². The van der Waals surface area contributed by atoms with Gasteiger partial charge in [-0.1, -0.05) is 6.58 Å². The van der Waals surface area contributed by atoms with Crippen molar-refractivity contribution in [3.63, 3.8) is 0 Å². The zero-order chi connectivity index (χ0) is 15.9. The van der Waals surface area contributed by atoms with Crippen LogP contribution in [0.3, 0.4) is 0 Å². The molecule has 0 unspecified atom stereocenters. The molecule has 1 saturated carbocycles. The van der Waals surface area contributed by atoms with Gasteiger partial charge in [-0.25, -0.2) is 0 Å². The van der Waals surface area contributed by atoms with Crippen molar-refractivity contribution in [1.29, 1.82) is 0 Å². The predicted molar refractivity (Wildman–Crippen MR) is 90.4 cm³/mol. The van der Waals surface area contributed by atoms with Crippen molar-refractivity contribution >= 4 is 0 Å². The van der Waals surface area contributed by atoms with Crippen LogP contribution in [-0.4, -0.2) is 66.1 Å². The Morgan fingerprint density at radius 1 is 1.32 bits per heavy atom. The summed E-state index contributed by atoms with van der Waals surface area (Å²) in [4.78, 5) is 7.44. The highest BCUT2D eigenvalue weighted by Crippen LogP contribution is 2.33. The van der Waals surface area contributed by atoms with Crippen LogP contribution in [0.5, 0.6) is 0 Å². The van der Waals surface area contributed by atoms with Crippen LogP contribution in [-0.2, 0) is 4.74 Å². The van der Waals surface area contributed by atoms with Gasteiger partial charge in [0, 0.05) is 31.7 Å². The van der Waals surface area contributed by atoms with E-state index in [1.807, 2.05) is 0 Å². The molecule has 0 radical (unpaired) electrons. The Morgan fingerprint density at radius 3 is 2.68 bits per heavy atom. The lowest BCUT2D eigenvalue weighted by Crippen LogP contribution is -2.41. The Hall–Kier alpha value is -1.16. The van der Waals surface area contributed by atoms with Gasteiger partial charge in [-0.05, 0) is 47.1 Å². The van der Waals surface area contributed by atoms with Gasteiger partial charge >= 0.3 is 0 Å². The van der Waals surface area contributed by atoms with Gasteiger partial charge in [-0.3, -0.25) is 4.90 Å². The third-order valence-corrected chi connectivity index (χ3v) is 5.62. The highest BCUT2D eigenvalue weighted by atomic mass is 16.5. The number of morpholine rings is 1. The smallest absolute Gasteiger partial charge is 0.160 e. The average molecular weight is 305 g/mol. The van der Waals surface area contributed by atoms with Crippen LogP contribution in [0.15, 0.2) is 23.7 Å². The molecule has 3 rings (SSSR count). The zero-order valence-corrected chi connectivity index (χ0v) is 14.6. The highest BCUT2D eigenvalue weighted by Gasteiger charge is 2.36. The van der Waals surface area contributed by atoms with Crippen LogP contribution >= 0.6 is 0 Å². The number of nitrogens with zero attached hydrogens (tertiary/aromatic N) is 3. The normalized spacial score (nSPS) is 31.8. The molecule has 0 aromatic rings. The number of rotatable bonds is 4. The molecule has 4 heteroatoms. The van der Waals surface area contributed by atoms with E-state index in [9.17, 15) is 0 Å². The summed E-state index contributed by atoms with van der Waals surface area (Å²) in [6.07, 6.45) is 4.03. The molecule has 0 aromatic heterocycles. The summed E-state index contributed by atoms with van der Waals surface area (Å²) in [7, 11) is 2.30. The van der Waals surface area contributed by atoms with E-state index in [2.05, 4.69) is 49.1 Å². The fourth-order valence-corrected chi connectivity index (χ4v) is 3.89. The van der Waals surface area contributed by atoms with Gasteiger partial charge in [0.2, 0.25) is 0 Å². The van der Waals surface area contributed by atoms with E-state index in [1.165, 1.54) is 25.0 Å². The number of likely N-dealkylation sites (tertiary alicyclic amines) is 1. The molecular formula is C18H31N3O. The lowest BCUT2D eigenvalue weighted by atomic mass is 10.1. The Morgan fingerprint density at radius 2 is 2.05 bits per heavy atom. The summed E-state index contributed by atoms with van der Waals surface area (Å²) in [6.45, 7) is 14.9. The molecule has 2 heterocycles. The van der Waals surface area contributed by atoms with Crippen molar-refractivity contribution in [2.75, 3.05) is 33.3 Å². The molecule has 22 heavy (non-hydrogen) atoms. The van der Waals surface area contributed by atoms with E-state index in [4.69, 9.17) is 4.74 Å². The fraction of sp³-hybridized carbons (Fsp3) is 0.778. The first-order valence-corrected chi connectivity index (χ1v) is 8.79. The predicted octanol–water partition coefficient (Wildman–Crippen LogP) is 2.64. The minimum atomic E-state index is 0.418. The molecule has 0 aromatic carbocycles. The largest absolute Gasteiger partial charge is 0.487 e. The molecule has 0 N–H and O–H groups in total. The topological polar surface area (TPSA) is 19.0 Å². The summed E-state index contributed by atoms with van der Waals surface area (Å²) in [6, 6.07) is 1.96. The minimum Gasteiger partial charge on any atom is -0.487 e. The maximum Gasteiger partial charge on any atom is 0.160 e. The quantitative estimate of drug-likeness (QED) is 0.795. The second-order valence-corrected chi connectivity index (χ2v) is 7.09. The molecule has 0 amide bonds. The van der Waals surface area contributed by atoms with Crippen LogP contribution in [0.25, 0.3) is 0 Å². The molecule has 3 aliphatic rings. The first-order valence-electron chi connectivity index (χ1n) is 8.79. The van der Waals surface area contributed by atoms with Gasteiger partial charge < -0.3 is 14.5 Å². The number of hydrogen-bond acceptors (Lipinski definition) is 4. The average Bonchev–Trinajstić information content (AvgIpc) is 3.23. The number of allylic oxidation sites excluding steroid dienone is 1. The molecule has 1 aliphatic carbocycles.